The van der Waals surface area contributed by atoms with Gasteiger partial charge in [-0.05, 0) is 51.2 Å². The van der Waals surface area contributed by atoms with Crippen molar-refractivity contribution >= 4 is 9.84 Å². The van der Waals surface area contributed by atoms with Gasteiger partial charge in [0.05, 0.1) is 5.25 Å². The largest absolute Gasteiger partial charge is 0.325 e. The molecule has 0 aliphatic heterocycles. The van der Waals surface area contributed by atoms with Crippen LogP contribution in [0.3, 0.4) is 0 Å². The minimum absolute atomic E-state index is 0.0660. The van der Waals surface area contributed by atoms with Gasteiger partial charge in [0.2, 0.25) is 0 Å². The SMILES string of the molecule is Cc1[nH]c(=O)c(S(=O)(=O)C(C)C)c(C)c1CC(C)C. The van der Waals surface area contributed by atoms with Gasteiger partial charge >= 0.3 is 0 Å². The van der Waals surface area contributed by atoms with E-state index in [9.17, 15) is 13.2 Å². The molecule has 0 aromatic carbocycles. The minimum atomic E-state index is -3.56. The van der Waals surface area contributed by atoms with Crippen LogP contribution in [0.2, 0.25) is 0 Å². The van der Waals surface area contributed by atoms with Gasteiger partial charge in [-0.3, -0.25) is 4.79 Å². The van der Waals surface area contributed by atoms with E-state index in [0.29, 0.717) is 11.5 Å². The van der Waals surface area contributed by atoms with E-state index >= 15 is 0 Å². The number of sulfone groups is 1. The van der Waals surface area contributed by atoms with Crippen LogP contribution in [0, 0.1) is 19.8 Å². The molecule has 0 bridgehead atoms. The molecular formula is C14H23NO3S. The molecule has 0 amide bonds. The predicted octanol–water partition coefficient (Wildman–Crippen LogP) is 2.37. The van der Waals surface area contributed by atoms with Crippen LogP contribution in [0.5, 0.6) is 0 Å². The van der Waals surface area contributed by atoms with Gasteiger partial charge in [-0.25, -0.2) is 8.42 Å². The summed E-state index contributed by atoms with van der Waals surface area (Å²) in [6.45, 7) is 10.9. The Bertz CT molecular complexity index is 625. The summed E-state index contributed by atoms with van der Waals surface area (Å²) in [5, 5.41) is -0.595. The smallest absolute Gasteiger partial charge is 0.267 e. The van der Waals surface area contributed by atoms with E-state index in [4.69, 9.17) is 0 Å². The Morgan fingerprint density at radius 1 is 1.11 bits per heavy atom. The van der Waals surface area contributed by atoms with E-state index in [-0.39, 0.29) is 4.90 Å². The van der Waals surface area contributed by atoms with Crippen molar-refractivity contribution in [3.05, 3.63) is 27.2 Å². The summed E-state index contributed by atoms with van der Waals surface area (Å²) < 4.78 is 24.6. The quantitative estimate of drug-likeness (QED) is 0.923. The van der Waals surface area contributed by atoms with Crippen LogP contribution in [0.4, 0.5) is 0 Å². The van der Waals surface area contributed by atoms with Crippen LogP contribution in [0.25, 0.3) is 0 Å². The molecular weight excluding hydrogens is 262 g/mol. The molecule has 1 rings (SSSR count). The Morgan fingerprint density at radius 2 is 1.63 bits per heavy atom. The Balaban J connectivity index is 3.64. The van der Waals surface area contributed by atoms with Crippen LogP contribution in [0.1, 0.15) is 44.5 Å². The first-order valence-electron chi connectivity index (χ1n) is 6.55. The normalized spacial score (nSPS) is 12.4. The number of rotatable bonds is 4. The van der Waals surface area contributed by atoms with Gasteiger partial charge in [-0.1, -0.05) is 13.8 Å². The molecule has 0 spiro atoms. The molecule has 4 nitrogen and oxygen atoms in total. The number of hydrogen-bond donors (Lipinski definition) is 1. The Hall–Kier alpha value is -1.10. The topological polar surface area (TPSA) is 67.0 Å². The lowest BCUT2D eigenvalue weighted by Crippen LogP contribution is -2.27. The lowest BCUT2D eigenvalue weighted by molar-refractivity contribution is 0.583. The summed E-state index contributed by atoms with van der Waals surface area (Å²) in [5.41, 5.74) is 1.80. The first kappa shape index (κ1) is 16.0. The summed E-state index contributed by atoms with van der Waals surface area (Å²) in [6.07, 6.45) is 0.759. The molecule has 0 atom stereocenters. The fourth-order valence-corrected chi connectivity index (χ4v) is 3.51. The maximum Gasteiger partial charge on any atom is 0.267 e. The van der Waals surface area contributed by atoms with Gasteiger partial charge in [-0.2, -0.15) is 0 Å². The maximum atomic E-state index is 12.3. The third kappa shape index (κ3) is 3.08. The number of aromatic amines is 1. The molecule has 0 aliphatic rings. The fourth-order valence-electron chi connectivity index (χ4n) is 2.18. The summed E-state index contributed by atoms with van der Waals surface area (Å²) >= 11 is 0. The zero-order chi connectivity index (χ0) is 15.0. The molecule has 0 saturated carbocycles. The molecule has 19 heavy (non-hydrogen) atoms. The van der Waals surface area contributed by atoms with Crippen LogP contribution < -0.4 is 5.56 Å². The third-order valence-corrected chi connectivity index (χ3v) is 5.57. The molecule has 0 aliphatic carbocycles. The van der Waals surface area contributed by atoms with E-state index < -0.39 is 20.6 Å². The molecule has 108 valence electrons. The molecule has 0 fully saturated rings. The molecule has 0 radical (unpaired) electrons. The first-order valence-corrected chi connectivity index (χ1v) is 8.09. The van der Waals surface area contributed by atoms with E-state index in [0.717, 1.165) is 17.7 Å². The number of aromatic nitrogens is 1. The number of hydrogen-bond acceptors (Lipinski definition) is 3. The Morgan fingerprint density at radius 3 is 2.05 bits per heavy atom. The highest BCUT2D eigenvalue weighted by atomic mass is 32.2. The number of aryl methyl sites for hydroxylation is 1. The summed E-state index contributed by atoms with van der Waals surface area (Å²) in [7, 11) is -3.56. The average molecular weight is 285 g/mol. The van der Waals surface area contributed by atoms with Crippen LogP contribution in [0.15, 0.2) is 9.69 Å². The average Bonchev–Trinajstić information content (AvgIpc) is 2.22. The van der Waals surface area contributed by atoms with Crippen molar-refractivity contribution in [2.45, 2.75) is 58.1 Å². The minimum Gasteiger partial charge on any atom is -0.325 e. The third-order valence-electron chi connectivity index (χ3n) is 3.27. The highest BCUT2D eigenvalue weighted by molar-refractivity contribution is 7.92. The first-order chi connectivity index (χ1) is 8.59. The highest BCUT2D eigenvalue weighted by Gasteiger charge is 2.27. The monoisotopic (exact) mass is 285 g/mol. The second-order valence-corrected chi connectivity index (χ2v) is 8.14. The van der Waals surface area contributed by atoms with E-state index in [2.05, 4.69) is 18.8 Å². The second-order valence-electron chi connectivity index (χ2n) is 5.70. The summed E-state index contributed by atoms with van der Waals surface area (Å²) in [4.78, 5) is 14.6. The zero-order valence-electron chi connectivity index (χ0n) is 12.5. The second kappa shape index (κ2) is 5.49. The number of pyridine rings is 1. The standard InChI is InChI=1S/C14H23NO3S/c1-8(2)7-12-10(5)13(14(16)15-11(12)6)19(17,18)9(3)4/h8-9H,7H2,1-6H3,(H,15,16). The molecule has 1 N–H and O–H groups in total. The number of nitrogens with one attached hydrogen (secondary N) is 1. The molecule has 0 unspecified atom stereocenters. The van der Waals surface area contributed by atoms with Crippen molar-refractivity contribution in [3.63, 3.8) is 0 Å². The van der Waals surface area contributed by atoms with Crippen LogP contribution in [-0.4, -0.2) is 18.7 Å². The van der Waals surface area contributed by atoms with Crippen molar-refractivity contribution in [1.29, 1.82) is 0 Å². The molecule has 1 aromatic rings. The Kier molecular flexibility index (Phi) is 4.61. The van der Waals surface area contributed by atoms with Gasteiger partial charge in [-0.15, -0.1) is 0 Å². The molecule has 0 saturated heterocycles. The van der Waals surface area contributed by atoms with Crippen molar-refractivity contribution in [1.82, 2.24) is 4.98 Å². The van der Waals surface area contributed by atoms with Crippen LogP contribution >= 0.6 is 0 Å². The van der Waals surface area contributed by atoms with Gasteiger partial charge in [0.1, 0.15) is 4.90 Å². The van der Waals surface area contributed by atoms with E-state index in [1.54, 1.807) is 20.8 Å². The van der Waals surface area contributed by atoms with Crippen molar-refractivity contribution in [2.75, 3.05) is 0 Å². The molecule has 5 heteroatoms. The van der Waals surface area contributed by atoms with Crippen LogP contribution in [-0.2, 0) is 16.3 Å². The maximum absolute atomic E-state index is 12.3. The fraction of sp³-hybridized carbons (Fsp3) is 0.643. The van der Waals surface area contributed by atoms with Gasteiger partial charge < -0.3 is 4.98 Å². The highest BCUT2D eigenvalue weighted by Crippen LogP contribution is 2.23. The zero-order valence-corrected chi connectivity index (χ0v) is 13.3. The summed E-state index contributed by atoms with van der Waals surface area (Å²) in [5.74, 6) is 0.401. The van der Waals surface area contributed by atoms with Crippen molar-refractivity contribution in [3.8, 4) is 0 Å². The number of H-pyrrole nitrogens is 1. The summed E-state index contributed by atoms with van der Waals surface area (Å²) in [6, 6.07) is 0. The molecule has 1 heterocycles. The van der Waals surface area contributed by atoms with Gasteiger partial charge in [0.15, 0.2) is 9.84 Å². The Labute approximate surface area is 115 Å². The van der Waals surface area contributed by atoms with Gasteiger partial charge in [0, 0.05) is 5.69 Å². The van der Waals surface area contributed by atoms with Crippen molar-refractivity contribution in [2.24, 2.45) is 5.92 Å². The van der Waals surface area contributed by atoms with E-state index in [1.165, 1.54) is 0 Å². The van der Waals surface area contributed by atoms with Crippen molar-refractivity contribution < 1.29 is 8.42 Å². The lowest BCUT2D eigenvalue weighted by atomic mass is 9.98. The lowest BCUT2D eigenvalue weighted by Gasteiger charge is -2.16. The predicted molar refractivity (Wildman–Crippen MR) is 77.4 cm³/mol. The molecule has 1 aromatic heterocycles. The van der Waals surface area contributed by atoms with E-state index in [1.807, 2.05) is 6.92 Å². The van der Waals surface area contributed by atoms with Gasteiger partial charge in [0.25, 0.3) is 5.56 Å².